The number of carbonyl (C=O) groups excluding carboxylic acids is 1. The Kier molecular flexibility index (Phi) is 4.37. The summed E-state index contributed by atoms with van der Waals surface area (Å²) in [5, 5.41) is 6.42. The third kappa shape index (κ3) is 3.10. The molecule has 2 atom stereocenters. The second-order valence-corrected chi connectivity index (χ2v) is 5.08. The lowest BCUT2D eigenvalue weighted by molar-refractivity contribution is -0.123. The largest absolute Gasteiger partial charge is 0.355 e. The Morgan fingerprint density at radius 2 is 2.11 bits per heavy atom. The summed E-state index contributed by atoms with van der Waals surface area (Å²) in [5.74, 6) is 0.146. The van der Waals surface area contributed by atoms with E-state index in [1.807, 2.05) is 12.1 Å². The van der Waals surface area contributed by atoms with Gasteiger partial charge in [-0.2, -0.15) is 0 Å². The van der Waals surface area contributed by atoms with Crippen molar-refractivity contribution in [2.24, 2.45) is 0 Å². The first kappa shape index (κ1) is 13.1. The van der Waals surface area contributed by atoms with Gasteiger partial charge in [0.25, 0.3) is 0 Å². The van der Waals surface area contributed by atoms with Crippen LogP contribution in [0.5, 0.6) is 0 Å². The van der Waals surface area contributed by atoms with Gasteiger partial charge in [0.05, 0.1) is 6.04 Å². The predicted molar refractivity (Wildman–Crippen MR) is 73.4 cm³/mol. The first-order valence-corrected chi connectivity index (χ1v) is 6.78. The van der Waals surface area contributed by atoms with Crippen LogP contribution in [0.1, 0.15) is 43.4 Å². The number of rotatable bonds is 3. The molecular weight excluding hydrogens is 224 g/mol. The van der Waals surface area contributed by atoms with Gasteiger partial charge in [-0.05, 0) is 44.2 Å². The number of benzene rings is 1. The summed E-state index contributed by atoms with van der Waals surface area (Å²) < 4.78 is 0. The molecule has 1 aliphatic rings. The minimum absolute atomic E-state index is 0.0536. The van der Waals surface area contributed by atoms with Crippen LogP contribution in [0.3, 0.4) is 0 Å². The number of hydrogen-bond acceptors (Lipinski definition) is 2. The third-order valence-electron chi connectivity index (χ3n) is 3.64. The highest BCUT2D eigenvalue weighted by Gasteiger charge is 2.22. The maximum absolute atomic E-state index is 11.9. The fraction of sp³-hybridized carbons (Fsp3) is 0.533. The van der Waals surface area contributed by atoms with Gasteiger partial charge in [0.15, 0.2) is 0 Å². The van der Waals surface area contributed by atoms with E-state index in [0.717, 1.165) is 25.8 Å². The van der Waals surface area contributed by atoms with E-state index in [4.69, 9.17) is 0 Å². The molecule has 1 heterocycles. The molecule has 3 heteroatoms. The highest BCUT2D eigenvalue weighted by molar-refractivity contribution is 5.81. The van der Waals surface area contributed by atoms with Crippen LogP contribution in [0.4, 0.5) is 0 Å². The van der Waals surface area contributed by atoms with Gasteiger partial charge >= 0.3 is 0 Å². The minimum atomic E-state index is -0.0536. The molecule has 0 saturated carbocycles. The van der Waals surface area contributed by atoms with Gasteiger partial charge in [0.2, 0.25) is 5.91 Å². The van der Waals surface area contributed by atoms with Gasteiger partial charge in [-0.1, -0.05) is 24.3 Å². The van der Waals surface area contributed by atoms with Crippen molar-refractivity contribution in [3.05, 3.63) is 35.4 Å². The van der Waals surface area contributed by atoms with E-state index in [2.05, 4.69) is 36.6 Å². The molecule has 1 aromatic carbocycles. The van der Waals surface area contributed by atoms with Crippen LogP contribution in [0, 0.1) is 6.92 Å². The Bertz CT molecular complexity index is 417. The Labute approximate surface area is 109 Å². The summed E-state index contributed by atoms with van der Waals surface area (Å²) in [7, 11) is 0. The van der Waals surface area contributed by atoms with Crippen LogP contribution in [0.2, 0.25) is 0 Å². The first-order valence-electron chi connectivity index (χ1n) is 6.78. The zero-order valence-electron chi connectivity index (χ0n) is 11.2. The first-order chi connectivity index (χ1) is 8.68. The van der Waals surface area contributed by atoms with Crippen LogP contribution in [0.25, 0.3) is 0 Å². The van der Waals surface area contributed by atoms with Gasteiger partial charge in [0, 0.05) is 12.6 Å². The average molecular weight is 246 g/mol. The second kappa shape index (κ2) is 6.01. The molecule has 1 aliphatic heterocycles. The molecule has 1 amide bonds. The molecule has 2 N–H and O–H groups in total. The molecule has 1 aromatic rings. The van der Waals surface area contributed by atoms with Gasteiger partial charge in [0.1, 0.15) is 0 Å². The smallest absolute Gasteiger partial charge is 0.237 e. The van der Waals surface area contributed by atoms with Gasteiger partial charge in [-0.3, -0.25) is 10.1 Å². The molecule has 1 unspecified atom stereocenters. The van der Waals surface area contributed by atoms with Gasteiger partial charge in [-0.15, -0.1) is 0 Å². The van der Waals surface area contributed by atoms with E-state index < -0.39 is 0 Å². The van der Waals surface area contributed by atoms with E-state index in [-0.39, 0.29) is 18.0 Å². The lowest BCUT2D eigenvalue weighted by Gasteiger charge is -2.22. The van der Waals surface area contributed by atoms with Crippen molar-refractivity contribution < 1.29 is 4.79 Å². The molecule has 3 nitrogen and oxygen atoms in total. The second-order valence-electron chi connectivity index (χ2n) is 5.08. The molecule has 0 aliphatic carbocycles. The van der Waals surface area contributed by atoms with Crippen molar-refractivity contribution in [1.82, 2.24) is 10.6 Å². The Morgan fingerprint density at radius 1 is 1.33 bits per heavy atom. The number of aryl methyl sites for hydroxylation is 1. The Morgan fingerprint density at radius 3 is 2.89 bits per heavy atom. The highest BCUT2D eigenvalue weighted by atomic mass is 16.2. The fourth-order valence-corrected chi connectivity index (χ4v) is 2.56. The Balaban J connectivity index is 2.04. The molecule has 0 spiro atoms. The Hall–Kier alpha value is -1.35. The average Bonchev–Trinajstić information content (AvgIpc) is 2.55. The van der Waals surface area contributed by atoms with Crippen LogP contribution in [0.15, 0.2) is 24.3 Å². The van der Waals surface area contributed by atoms with Gasteiger partial charge < -0.3 is 5.32 Å². The van der Waals surface area contributed by atoms with Crippen molar-refractivity contribution in [2.75, 3.05) is 6.54 Å². The topological polar surface area (TPSA) is 41.1 Å². The summed E-state index contributed by atoms with van der Waals surface area (Å²) in [6, 6.07) is 8.49. The molecule has 2 rings (SSSR count). The highest BCUT2D eigenvalue weighted by Crippen LogP contribution is 2.18. The van der Waals surface area contributed by atoms with Crippen LogP contribution in [-0.4, -0.2) is 18.5 Å². The van der Waals surface area contributed by atoms with Crippen molar-refractivity contribution in [1.29, 1.82) is 0 Å². The summed E-state index contributed by atoms with van der Waals surface area (Å²) >= 11 is 0. The summed E-state index contributed by atoms with van der Waals surface area (Å²) in [5.41, 5.74) is 2.54. The molecule has 98 valence electrons. The molecular formula is C15H22N2O. The van der Waals surface area contributed by atoms with E-state index in [1.165, 1.54) is 11.1 Å². The summed E-state index contributed by atoms with van der Waals surface area (Å²) in [4.78, 5) is 11.9. The molecule has 0 radical (unpaired) electrons. The van der Waals surface area contributed by atoms with Crippen LogP contribution < -0.4 is 10.6 Å². The predicted octanol–water partition coefficient (Wildman–Crippen LogP) is 2.31. The van der Waals surface area contributed by atoms with Crippen LogP contribution >= 0.6 is 0 Å². The monoisotopic (exact) mass is 246 g/mol. The van der Waals surface area contributed by atoms with Crippen molar-refractivity contribution >= 4 is 5.91 Å². The lowest BCUT2D eigenvalue weighted by atomic mass is 10.0. The van der Waals surface area contributed by atoms with Crippen molar-refractivity contribution in [3.8, 4) is 0 Å². The third-order valence-corrected chi connectivity index (χ3v) is 3.64. The number of amides is 1. The molecule has 0 bridgehead atoms. The molecule has 1 saturated heterocycles. The lowest BCUT2D eigenvalue weighted by Crippen LogP contribution is -2.43. The van der Waals surface area contributed by atoms with Gasteiger partial charge in [-0.25, -0.2) is 0 Å². The molecule has 1 fully saturated rings. The maximum Gasteiger partial charge on any atom is 0.237 e. The minimum Gasteiger partial charge on any atom is -0.355 e. The van der Waals surface area contributed by atoms with Crippen molar-refractivity contribution in [2.45, 2.75) is 45.2 Å². The zero-order valence-corrected chi connectivity index (χ0v) is 11.2. The summed E-state index contributed by atoms with van der Waals surface area (Å²) in [6.45, 7) is 5.05. The maximum atomic E-state index is 11.9. The summed E-state index contributed by atoms with van der Waals surface area (Å²) in [6.07, 6.45) is 3.13. The van der Waals surface area contributed by atoms with E-state index in [1.54, 1.807) is 0 Å². The van der Waals surface area contributed by atoms with Crippen molar-refractivity contribution in [3.63, 3.8) is 0 Å². The molecule has 18 heavy (non-hydrogen) atoms. The molecule has 0 aromatic heterocycles. The van der Waals surface area contributed by atoms with Crippen LogP contribution in [-0.2, 0) is 4.79 Å². The van der Waals surface area contributed by atoms with E-state index in [9.17, 15) is 4.79 Å². The number of hydrogen-bond donors (Lipinski definition) is 2. The number of carbonyl (C=O) groups is 1. The quantitative estimate of drug-likeness (QED) is 0.859. The zero-order chi connectivity index (χ0) is 13.0. The normalized spacial score (nSPS) is 22.1. The van der Waals surface area contributed by atoms with E-state index >= 15 is 0 Å². The number of nitrogens with one attached hydrogen (secondary N) is 2. The SMILES string of the molecule is Cc1ccccc1[C@H](C)NC1CCCCNC1=O. The standard InChI is InChI=1S/C15H22N2O/c1-11-7-3-4-8-13(11)12(2)17-14-9-5-6-10-16-15(14)18/h3-4,7-8,12,14,17H,5-6,9-10H2,1-2H3,(H,16,18)/t12-,14?/m0/s1. The fourth-order valence-electron chi connectivity index (χ4n) is 2.56. The van der Waals surface area contributed by atoms with E-state index in [0.29, 0.717) is 0 Å².